The maximum atomic E-state index is 11.9. The Hall–Kier alpha value is -1.88. The molecule has 0 aromatic heterocycles. The van der Waals surface area contributed by atoms with Crippen molar-refractivity contribution in [3.05, 3.63) is 35.4 Å². The third-order valence-electron chi connectivity index (χ3n) is 3.55. The first kappa shape index (κ1) is 14.5. The fraction of sp³-hybridized carbons (Fsp3) is 0.467. The van der Waals surface area contributed by atoms with Gasteiger partial charge in [-0.05, 0) is 24.1 Å². The van der Waals surface area contributed by atoms with E-state index in [1.165, 1.54) is 12.1 Å². The second-order valence-corrected chi connectivity index (χ2v) is 5.57. The number of carbonyl (C=O) groups excluding carboxylic acids is 1. The monoisotopic (exact) mass is 277 g/mol. The molecule has 1 unspecified atom stereocenters. The first-order chi connectivity index (χ1) is 9.48. The van der Waals surface area contributed by atoms with Gasteiger partial charge in [-0.2, -0.15) is 0 Å². The number of amides is 1. The van der Waals surface area contributed by atoms with Crippen LogP contribution < -0.4 is 5.32 Å². The van der Waals surface area contributed by atoms with E-state index in [4.69, 9.17) is 9.84 Å². The lowest BCUT2D eigenvalue weighted by Gasteiger charge is -2.21. The van der Waals surface area contributed by atoms with Gasteiger partial charge in [0.15, 0.2) is 0 Å². The van der Waals surface area contributed by atoms with Crippen molar-refractivity contribution in [2.75, 3.05) is 19.8 Å². The molecule has 5 heteroatoms. The molecule has 1 aliphatic rings. The predicted octanol–water partition coefficient (Wildman–Crippen LogP) is 1.47. The quantitative estimate of drug-likeness (QED) is 0.854. The molecule has 5 nitrogen and oxygen atoms in total. The van der Waals surface area contributed by atoms with E-state index in [1.807, 2.05) is 0 Å². The maximum absolute atomic E-state index is 11.9. The molecule has 1 atom stereocenters. The van der Waals surface area contributed by atoms with Gasteiger partial charge in [-0.1, -0.05) is 19.1 Å². The van der Waals surface area contributed by atoms with Gasteiger partial charge >= 0.3 is 5.97 Å². The van der Waals surface area contributed by atoms with Crippen LogP contribution in [0.15, 0.2) is 24.3 Å². The summed E-state index contributed by atoms with van der Waals surface area (Å²) in [7, 11) is 0. The topological polar surface area (TPSA) is 75.6 Å². The predicted molar refractivity (Wildman–Crippen MR) is 73.7 cm³/mol. The van der Waals surface area contributed by atoms with E-state index in [0.29, 0.717) is 18.7 Å². The summed E-state index contributed by atoms with van der Waals surface area (Å²) in [6.45, 7) is 4.09. The fourth-order valence-corrected chi connectivity index (χ4v) is 2.22. The van der Waals surface area contributed by atoms with Crippen molar-refractivity contribution >= 4 is 11.9 Å². The number of nitrogens with one attached hydrogen (secondary N) is 1. The molecule has 0 aliphatic carbocycles. The van der Waals surface area contributed by atoms with Gasteiger partial charge in [0, 0.05) is 18.6 Å². The number of carbonyl (C=O) groups is 2. The number of hydrogen-bond acceptors (Lipinski definition) is 3. The number of carboxylic acid groups (broad SMARTS) is 1. The normalized spacial score (nSPS) is 21.6. The standard InChI is InChI=1S/C15H19NO4/c1-15(5-6-20-10-15)9-16-13(17)8-11-3-2-4-12(7-11)14(18)19/h2-4,7H,5-6,8-10H2,1H3,(H,16,17)(H,18,19). The summed E-state index contributed by atoms with van der Waals surface area (Å²) in [4.78, 5) is 22.8. The summed E-state index contributed by atoms with van der Waals surface area (Å²) in [5.74, 6) is -1.08. The molecule has 108 valence electrons. The van der Waals surface area contributed by atoms with E-state index in [9.17, 15) is 9.59 Å². The van der Waals surface area contributed by atoms with Crippen molar-refractivity contribution in [2.45, 2.75) is 19.8 Å². The summed E-state index contributed by atoms with van der Waals surface area (Å²) < 4.78 is 5.34. The largest absolute Gasteiger partial charge is 0.478 e. The molecule has 1 amide bonds. The minimum Gasteiger partial charge on any atom is -0.478 e. The number of carboxylic acids is 1. The van der Waals surface area contributed by atoms with Crippen LogP contribution >= 0.6 is 0 Å². The Labute approximate surface area is 117 Å². The van der Waals surface area contributed by atoms with Crippen LogP contribution in [0.4, 0.5) is 0 Å². The SMILES string of the molecule is CC1(CNC(=O)Cc2cccc(C(=O)O)c2)CCOC1. The Morgan fingerprint density at radius 2 is 2.25 bits per heavy atom. The van der Waals surface area contributed by atoms with Crippen molar-refractivity contribution in [3.63, 3.8) is 0 Å². The second kappa shape index (κ2) is 6.05. The highest BCUT2D eigenvalue weighted by molar-refractivity contribution is 5.88. The van der Waals surface area contributed by atoms with Gasteiger partial charge in [-0.3, -0.25) is 4.79 Å². The van der Waals surface area contributed by atoms with E-state index in [0.717, 1.165) is 13.0 Å². The van der Waals surface area contributed by atoms with E-state index < -0.39 is 5.97 Å². The van der Waals surface area contributed by atoms with Gasteiger partial charge in [0.05, 0.1) is 18.6 Å². The van der Waals surface area contributed by atoms with Crippen molar-refractivity contribution < 1.29 is 19.4 Å². The molecule has 0 radical (unpaired) electrons. The maximum Gasteiger partial charge on any atom is 0.335 e. The molecule has 2 N–H and O–H groups in total. The summed E-state index contributed by atoms with van der Waals surface area (Å²) >= 11 is 0. The van der Waals surface area contributed by atoms with Crippen molar-refractivity contribution in [2.24, 2.45) is 5.41 Å². The Bertz CT molecular complexity index is 506. The number of hydrogen-bond donors (Lipinski definition) is 2. The highest BCUT2D eigenvalue weighted by Crippen LogP contribution is 2.26. The lowest BCUT2D eigenvalue weighted by molar-refractivity contribution is -0.120. The van der Waals surface area contributed by atoms with Crippen LogP contribution in [0.3, 0.4) is 0 Å². The third-order valence-corrected chi connectivity index (χ3v) is 3.55. The smallest absolute Gasteiger partial charge is 0.335 e. The van der Waals surface area contributed by atoms with E-state index in [2.05, 4.69) is 12.2 Å². The minimum absolute atomic E-state index is 0.0125. The molecule has 1 saturated heterocycles. The molecule has 0 spiro atoms. The Balaban J connectivity index is 1.88. The van der Waals surface area contributed by atoms with E-state index in [-0.39, 0.29) is 23.3 Å². The molecule has 20 heavy (non-hydrogen) atoms. The summed E-state index contributed by atoms with van der Waals surface area (Å²) in [5, 5.41) is 11.8. The first-order valence-corrected chi connectivity index (χ1v) is 6.65. The molecule has 0 saturated carbocycles. The Morgan fingerprint density at radius 3 is 2.90 bits per heavy atom. The molecular formula is C15H19NO4. The molecule has 1 heterocycles. The number of rotatable bonds is 5. The fourth-order valence-electron chi connectivity index (χ4n) is 2.22. The second-order valence-electron chi connectivity index (χ2n) is 5.57. The van der Waals surface area contributed by atoms with Crippen molar-refractivity contribution in [3.8, 4) is 0 Å². The van der Waals surface area contributed by atoms with Gasteiger partial charge in [0.2, 0.25) is 5.91 Å². The molecular weight excluding hydrogens is 258 g/mol. The molecule has 1 aromatic carbocycles. The van der Waals surface area contributed by atoms with E-state index >= 15 is 0 Å². The lowest BCUT2D eigenvalue weighted by atomic mass is 9.90. The molecule has 0 bridgehead atoms. The van der Waals surface area contributed by atoms with Crippen molar-refractivity contribution in [1.29, 1.82) is 0 Å². The van der Waals surface area contributed by atoms with Crippen LogP contribution in [0.5, 0.6) is 0 Å². The molecule has 1 fully saturated rings. The lowest BCUT2D eigenvalue weighted by Crippen LogP contribution is -2.36. The van der Waals surface area contributed by atoms with E-state index in [1.54, 1.807) is 12.1 Å². The average molecular weight is 277 g/mol. The molecule has 2 rings (SSSR count). The van der Waals surface area contributed by atoms with Crippen molar-refractivity contribution in [1.82, 2.24) is 5.32 Å². The average Bonchev–Trinajstić information content (AvgIpc) is 2.84. The van der Waals surface area contributed by atoms with Crippen LogP contribution in [0.2, 0.25) is 0 Å². The van der Waals surface area contributed by atoms with Crippen LogP contribution in [0.1, 0.15) is 29.3 Å². The van der Waals surface area contributed by atoms with Crippen LogP contribution in [-0.4, -0.2) is 36.7 Å². The highest BCUT2D eigenvalue weighted by atomic mass is 16.5. The summed E-state index contributed by atoms with van der Waals surface area (Å²) in [6, 6.07) is 6.45. The summed E-state index contributed by atoms with van der Waals surface area (Å²) in [6.07, 6.45) is 1.14. The minimum atomic E-state index is -0.983. The van der Waals surface area contributed by atoms with Gasteiger partial charge in [-0.15, -0.1) is 0 Å². The Morgan fingerprint density at radius 1 is 1.45 bits per heavy atom. The van der Waals surface area contributed by atoms with Crippen LogP contribution in [-0.2, 0) is 16.0 Å². The number of aromatic carboxylic acids is 1. The zero-order chi connectivity index (χ0) is 14.6. The third kappa shape index (κ3) is 3.81. The number of ether oxygens (including phenoxy) is 1. The van der Waals surface area contributed by atoms with Gasteiger partial charge in [-0.25, -0.2) is 4.79 Å². The zero-order valence-corrected chi connectivity index (χ0v) is 11.5. The first-order valence-electron chi connectivity index (χ1n) is 6.65. The van der Waals surface area contributed by atoms with Crippen LogP contribution in [0, 0.1) is 5.41 Å². The molecule has 1 aliphatic heterocycles. The molecule has 1 aromatic rings. The van der Waals surface area contributed by atoms with Gasteiger partial charge < -0.3 is 15.2 Å². The number of benzene rings is 1. The van der Waals surface area contributed by atoms with Gasteiger partial charge in [0.1, 0.15) is 0 Å². The zero-order valence-electron chi connectivity index (χ0n) is 11.5. The Kier molecular flexibility index (Phi) is 4.39. The van der Waals surface area contributed by atoms with Gasteiger partial charge in [0.25, 0.3) is 0 Å². The highest BCUT2D eigenvalue weighted by Gasteiger charge is 2.29. The summed E-state index contributed by atoms with van der Waals surface area (Å²) in [5.41, 5.74) is 0.917. The van der Waals surface area contributed by atoms with Crippen LogP contribution in [0.25, 0.3) is 0 Å².